The van der Waals surface area contributed by atoms with Crippen molar-refractivity contribution in [1.29, 1.82) is 0 Å². The molecule has 0 aromatic heterocycles. The number of hydrogen-bond donors (Lipinski definition) is 1. The molecule has 0 spiro atoms. The van der Waals surface area contributed by atoms with Gasteiger partial charge >= 0.3 is 0 Å². The van der Waals surface area contributed by atoms with Crippen molar-refractivity contribution < 1.29 is 4.79 Å². The van der Waals surface area contributed by atoms with Crippen molar-refractivity contribution in [2.45, 2.75) is 31.7 Å². The number of anilines is 1. The first-order valence-corrected chi connectivity index (χ1v) is 8.12. The standard InChI is InChI=1S/C16H22ClN3O/c17-13-5-4-6-14(18)15(13)16(21)20-10-7-12(11-20)19-8-2-1-3-9-19/h4-6,12H,1-3,7-11,18H2. The molecule has 0 saturated carbocycles. The van der Waals surface area contributed by atoms with E-state index >= 15 is 0 Å². The maximum atomic E-state index is 12.7. The minimum absolute atomic E-state index is 0.0300. The molecule has 1 aromatic carbocycles. The lowest BCUT2D eigenvalue weighted by Crippen LogP contribution is -2.41. The number of nitrogen functional groups attached to an aromatic ring is 1. The Balaban J connectivity index is 1.69. The van der Waals surface area contributed by atoms with E-state index in [1.165, 1.54) is 32.4 Å². The van der Waals surface area contributed by atoms with Crippen LogP contribution in [0.25, 0.3) is 0 Å². The largest absolute Gasteiger partial charge is 0.398 e. The van der Waals surface area contributed by atoms with Crippen LogP contribution >= 0.6 is 11.6 Å². The molecule has 2 N–H and O–H groups in total. The molecule has 2 fully saturated rings. The number of carbonyl (C=O) groups excluding carboxylic acids is 1. The van der Waals surface area contributed by atoms with Crippen LogP contribution in [0, 0.1) is 0 Å². The van der Waals surface area contributed by atoms with Crippen molar-refractivity contribution in [1.82, 2.24) is 9.80 Å². The summed E-state index contributed by atoms with van der Waals surface area (Å²) in [7, 11) is 0. The second kappa shape index (κ2) is 6.24. The number of hydrogen-bond acceptors (Lipinski definition) is 3. The summed E-state index contributed by atoms with van der Waals surface area (Å²) in [6, 6.07) is 5.73. The Hall–Kier alpha value is -1.26. The number of carbonyl (C=O) groups is 1. The predicted molar refractivity (Wildman–Crippen MR) is 85.6 cm³/mol. The predicted octanol–water partition coefficient (Wildman–Crippen LogP) is 2.62. The molecule has 2 saturated heterocycles. The maximum absolute atomic E-state index is 12.7. The van der Waals surface area contributed by atoms with E-state index in [1.807, 2.05) is 4.90 Å². The van der Waals surface area contributed by atoms with Crippen LogP contribution in [-0.4, -0.2) is 47.9 Å². The van der Waals surface area contributed by atoms with Crippen LogP contribution in [0.3, 0.4) is 0 Å². The Morgan fingerprint density at radius 3 is 2.67 bits per heavy atom. The van der Waals surface area contributed by atoms with Crippen LogP contribution in [-0.2, 0) is 0 Å². The van der Waals surface area contributed by atoms with Crippen LogP contribution in [0.1, 0.15) is 36.0 Å². The molecule has 2 aliphatic heterocycles. The second-order valence-corrected chi connectivity index (χ2v) is 6.40. The smallest absolute Gasteiger partial charge is 0.257 e. The van der Waals surface area contributed by atoms with Gasteiger partial charge in [-0.25, -0.2) is 0 Å². The highest BCUT2D eigenvalue weighted by Crippen LogP contribution is 2.27. The molecule has 5 heteroatoms. The van der Waals surface area contributed by atoms with Gasteiger partial charge in [-0.3, -0.25) is 9.69 Å². The topological polar surface area (TPSA) is 49.6 Å². The third-order valence-corrected chi connectivity index (χ3v) is 4.93. The number of rotatable bonds is 2. The van der Waals surface area contributed by atoms with Gasteiger partial charge < -0.3 is 10.6 Å². The lowest BCUT2D eigenvalue weighted by Gasteiger charge is -2.32. The first-order valence-electron chi connectivity index (χ1n) is 7.74. The van der Waals surface area contributed by atoms with Gasteiger partial charge in [-0.1, -0.05) is 24.1 Å². The molecule has 1 aromatic rings. The number of likely N-dealkylation sites (tertiary alicyclic amines) is 2. The molecule has 4 nitrogen and oxygen atoms in total. The lowest BCUT2D eigenvalue weighted by molar-refractivity contribution is 0.0772. The van der Waals surface area contributed by atoms with Crippen molar-refractivity contribution in [3.63, 3.8) is 0 Å². The molecular formula is C16H22ClN3O. The van der Waals surface area contributed by atoms with Gasteiger partial charge in [0.25, 0.3) is 5.91 Å². The van der Waals surface area contributed by atoms with E-state index in [0.29, 0.717) is 22.3 Å². The molecule has 1 unspecified atom stereocenters. The fraction of sp³-hybridized carbons (Fsp3) is 0.562. The molecule has 21 heavy (non-hydrogen) atoms. The minimum atomic E-state index is -0.0300. The van der Waals surface area contributed by atoms with Crippen LogP contribution in [0.2, 0.25) is 5.02 Å². The third-order valence-electron chi connectivity index (χ3n) is 4.62. The molecule has 0 radical (unpaired) electrons. The summed E-state index contributed by atoms with van der Waals surface area (Å²) >= 11 is 6.15. The Bertz CT molecular complexity index is 508. The Morgan fingerprint density at radius 1 is 1.19 bits per heavy atom. The zero-order valence-corrected chi connectivity index (χ0v) is 13.0. The van der Waals surface area contributed by atoms with Crippen LogP contribution in [0.4, 0.5) is 5.69 Å². The molecule has 2 heterocycles. The normalized spacial score (nSPS) is 23.5. The van der Waals surface area contributed by atoms with E-state index in [0.717, 1.165) is 19.5 Å². The van der Waals surface area contributed by atoms with E-state index in [4.69, 9.17) is 17.3 Å². The summed E-state index contributed by atoms with van der Waals surface area (Å²) in [5.41, 5.74) is 6.85. The molecule has 1 amide bonds. The summed E-state index contributed by atoms with van der Waals surface area (Å²) < 4.78 is 0. The first kappa shape index (κ1) is 14.7. The van der Waals surface area contributed by atoms with Gasteiger partial charge in [0, 0.05) is 24.8 Å². The Kier molecular flexibility index (Phi) is 4.36. The van der Waals surface area contributed by atoms with E-state index in [9.17, 15) is 4.79 Å². The molecule has 3 rings (SSSR count). The van der Waals surface area contributed by atoms with Gasteiger partial charge in [0.05, 0.1) is 10.6 Å². The van der Waals surface area contributed by atoms with E-state index < -0.39 is 0 Å². The van der Waals surface area contributed by atoms with Gasteiger partial charge in [-0.15, -0.1) is 0 Å². The summed E-state index contributed by atoms with van der Waals surface area (Å²) in [6.07, 6.45) is 4.95. The van der Waals surface area contributed by atoms with Crippen molar-refractivity contribution in [2.75, 3.05) is 31.9 Å². The number of nitrogens with two attached hydrogens (primary N) is 1. The molecule has 2 aliphatic rings. The minimum Gasteiger partial charge on any atom is -0.398 e. The zero-order chi connectivity index (χ0) is 14.8. The Labute approximate surface area is 130 Å². The van der Waals surface area contributed by atoms with E-state index in [-0.39, 0.29) is 5.91 Å². The van der Waals surface area contributed by atoms with Crippen molar-refractivity contribution in [2.24, 2.45) is 0 Å². The van der Waals surface area contributed by atoms with Gasteiger partial charge in [0.15, 0.2) is 0 Å². The van der Waals surface area contributed by atoms with Gasteiger partial charge in [-0.2, -0.15) is 0 Å². The lowest BCUT2D eigenvalue weighted by atomic mass is 10.1. The van der Waals surface area contributed by atoms with Crippen LogP contribution < -0.4 is 5.73 Å². The average Bonchev–Trinajstić information content (AvgIpc) is 2.97. The quantitative estimate of drug-likeness (QED) is 0.855. The monoisotopic (exact) mass is 307 g/mol. The second-order valence-electron chi connectivity index (χ2n) is 5.99. The van der Waals surface area contributed by atoms with Crippen molar-refractivity contribution in [3.8, 4) is 0 Å². The van der Waals surface area contributed by atoms with Gasteiger partial charge in [0.2, 0.25) is 0 Å². The molecule has 114 valence electrons. The summed E-state index contributed by atoms with van der Waals surface area (Å²) in [5, 5.41) is 0.446. The molecule has 1 atom stereocenters. The summed E-state index contributed by atoms with van der Waals surface area (Å²) in [5.74, 6) is -0.0300. The first-order chi connectivity index (χ1) is 10.2. The molecule has 0 bridgehead atoms. The summed E-state index contributed by atoms with van der Waals surface area (Å²) in [6.45, 7) is 3.93. The van der Waals surface area contributed by atoms with Gasteiger partial charge in [-0.05, 0) is 44.5 Å². The molecule has 0 aliphatic carbocycles. The number of benzene rings is 1. The van der Waals surface area contributed by atoms with E-state index in [1.54, 1.807) is 18.2 Å². The highest BCUT2D eigenvalue weighted by molar-refractivity contribution is 6.34. The number of piperidine rings is 1. The third kappa shape index (κ3) is 3.01. The van der Waals surface area contributed by atoms with Crippen LogP contribution in [0.5, 0.6) is 0 Å². The number of halogens is 1. The Morgan fingerprint density at radius 2 is 1.95 bits per heavy atom. The SMILES string of the molecule is Nc1cccc(Cl)c1C(=O)N1CCC(N2CCCCC2)C1. The number of nitrogens with zero attached hydrogens (tertiary/aromatic N) is 2. The zero-order valence-electron chi connectivity index (χ0n) is 12.2. The fourth-order valence-electron chi connectivity index (χ4n) is 3.43. The summed E-state index contributed by atoms with van der Waals surface area (Å²) in [4.78, 5) is 17.1. The fourth-order valence-corrected chi connectivity index (χ4v) is 3.70. The highest BCUT2D eigenvalue weighted by Gasteiger charge is 2.32. The average molecular weight is 308 g/mol. The van der Waals surface area contributed by atoms with Crippen molar-refractivity contribution >= 4 is 23.2 Å². The number of amides is 1. The van der Waals surface area contributed by atoms with Crippen LogP contribution in [0.15, 0.2) is 18.2 Å². The molecular weight excluding hydrogens is 286 g/mol. The highest BCUT2D eigenvalue weighted by atomic mass is 35.5. The van der Waals surface area contributed by atoms with Crippen molar-refractivity contribution in [3.05, 3.63) is 28.8 Å². The maximum Gasteiger partial charge on any atom is 0.257 e. The van der Waals surface area contributed by atoms with Gasteiger partial charge in [0.1, 0.15) is 0 Å². The van der Waals surface area contributed by atoms with E-state index in [2.05, 4.69) is 4.90 Å².